The summed E-state index contributed by atoms with van der Waals surface area (Å²) in [5.41, 5.74) is -0.480. The Morgan fingerprint density at radius 3 is 2.24 bits per heavy atom. The van der Waals surface area contributed by atoms with Crippen molar-refractivity contribution in [3.63, 3.8) is 0 Å². The molecule has 0 unspecified atom stereocenters. The SMILES string of the molecule is CCS(=O)(=O)NCCN1CCN(C(=O)OC(C)(C)C)CC1. The third kappa shape index (κ3) is 7.10. The number of nitrogens with one attached hydrogen (secondary N) is 1. The summed E-state index contributed by atoms with van der Waals surface area (Å²) in [6, 6.07) is 0. The van der Waals surface area contributed by atoms with E-state index < -0.39 is 15.6 Å². The second-order valence-corrected chi connectivity index (χ2v) is 8.20. The Balaban J connectivity index is 2.28. The predicted molar refractivity (Wildman–Crippen MR) is 81.7 cm³/mol. The second-order valence-electron chi connectivity index (χ2n) is 6.11. The van der Waals surface area contributed by atoms with Crippen molar-refractivity contribution >= 4 is 16.1 Å². The van der Waals surface area contributed by atoms with E-state index in [1.807, 2.05) is 20.8 Å². The van der Waals surface area contributed by atoms with Gasteiger partial charge in [-0.05, 0) is 27.7 Å². The maximum atomic E-state index is 11.9. The van der Waals surface area contributed by atoms with Crippen LogP contribution in [0.5, 0.6) is 0 Å². The van der Waals surface area contributed by atoms with Gasteiger partial charge in [0.15, 0.2) is 0 Å². The molecule has 0 saturated carbocycles. The molecular formula is C13H27N3O4S. The van der Waals surface area contributed by atoms with Gasteiger partial charge in [-0.25, -0.2) is 17.9 Å². The summed E-state index contributed by atoms with van der Waals surface area (Å²) in [4.78, 5) is 15.7. The molecule has 21 heavy (non-hydrogen) atoms. The Bertz CT molecular complexity index is 437. The maximum absolute atomic E-state index is 11.9. The first kappa shape index (κ1) is 18.2. The van der Waals surface area contributed by atoms with Gasteiger partial charge in [0.1, 0.15) is 5.60 Å². The fourth-order valence-corrected chi connectivity index (χ4v) is 2.55. The summed E-state index contributed by atoms with van der Waals surface area (Å²) in [6.07, 6.45) is -0.283. The van der Waals surface area contributed by atoms with Gasteiger partial charge in [-0.3, -0.25) is 4.90 Å². The zero-order valence-electron chi connectivity index (χ0n) is 13.4. The zero-order chi connectivity index (χ0) is 16.1. The molecule has 0 aliphatic carbocycles. The largest absolute Gasteiger partial charge is 0.444 e. The van der Waals surface area contributed by atoms with E-state index in [9.17, 15) is 13.2 Å². The van der Waals surface area contributed by atoms with Gasteiger partial charge in [0.05, 0.1) is 5.75 Å². The molecule has 0 bridgehead atoms. The molecule has 1 N–H and O–H groups in total. The average Bonchev–Trinajstić information content (AvgIpc) is 2.37. The number of piperazine rings is 1. The van der Waals surface area contributed by atoms with Crippen LogP contribution in [0.4, 0.5) is 4.79 Å². The van der Waals surface area contributed by atoms with Gasteiger partial charge < -0.3 is 9.64 Å². The summed E-state index contributed by atoms with van der Waals surface area (Å²) in [6.45, 7) is 10.9. The van der Waals surface area contributed by atoms with Crippen LogP contribution in [0.1, 0.15) is 27.7 Å². The van der Waals surface area contributed by atoms with Crippen LogP contribution in [0.2, 0.25) is 0 Å². The minimum Gasteiger partial charge on any atom is -0.444 e. The lowest BCUT2D eigenvalue weighted by Crippen LogP contribution is -2.51. The molecule has 0 aromatic rings. The Kier molecular flexibility index (Phi) is 6.42. The van der Waals surface area contributed by atoms with Crippen LogP contribution in [0, 0.1) is 0 Å². The van der Waals surface area contributed by atoms with Crippen molar-refractivity contribution in [1.82, 2.24) is 14.5 Å². The normalized spacial score (nSPS) is 17.8. The fraction of sp³-hybridized carbons (Fsp3) is 0.923. The van der Waals surface area contributed by atoms with Gasteiger partial charge in [-0.2, -0.15) is 0 Å². The zero-order valence-corrected chi connectivity index (χ0v) is 14.2. The smallest absolute Gasteiger partial charge is 0.410 e. The molecule has 1 fully saturated rings. The molecule has 0 aromatic heterocycles. The Morgan fingerprint density at radius 1 is 1.19 bits per heavy atom. The van der Waals surface area contributed by atoms with Gasteiger partial charge in [0.25, 0.3) is 0 Å². The summed E-state index contributed by atoms with van der Waals surface area (Å²) in [5, 5.41) is 0. The molecular weight excluding hydrogens is 294 g/mol. The third-order valence-electron chi connectivity index (χ3n) is 3.15. The number of ether oxygens (including phenoxy) is 1. The van der Waals surface area contributed by atoms with E-state index in [0.29, 0.717) is 26.2 Å². The van der Waals surface area contributed by atoms with Crippen molar-refractivity contribution in [1.29, 1.82) is 0 Å². The number of carbonyl (C=O) groups is 1. The molecule has 124 valence electrons. The number of rotatable bonds is 5. The lowest BCUT2D eigenvalue weighted by Gasteiger charge is -2.35. The lowest BCUT2D eigenvalue weighted by molar-refractivity contribution is 0.0147. The molecule has 8 heteroatoms. The highest BCUT2D eigenvalue weighted by atomic mass is 32.2. The van der Waals surface area contributed by atoms with Gasteiger partial charge in [0, 0.05) is 39.3 Å². The quantitative estimate of drug-likeness (QED) is 0.797. The summed E-state index contributed by atoms with van der Waals surface area (Å²) in [5.74, 6) is 0.0966. The van der Waals surface area contributed by atoms with Gasteiger partial charge >= 0.3 is 6.09 Å². The van der Waals surface area contributed by atoms with E-state index in [2.05, 4.69) is 9.62 Å². The minimum atomic E-state index is -3.13. The topological polar surface area (TPSA) is 79.0 Å². The summed E-state index contributed by atoms with van der Waals surface area (Å²) < 4.78 is 30.5. The monoisotopic (exact) mass is 321 g/mol. The van der Waals surface area contributed by atoms with Gasteiger partial charge in [0.2, 0.25) is 10.0 Å². The van der Waals surface area contributed by atoms with Crippen LogP contribution < -0.4 is 4.72 Å². The molecule has 1 rings (SSSR count). The van der Waals surface area contributed by atoms with Crippen LogP contribution in [-0.2, 0) is 14.8 Å². The van der Waals surface area contributed by atoms with Crippen LogP contribution in [-0.4, -0.2) is 74.9 Å². The molecule has 1 aliphatic rings. The number of sulfonamides is 1. The van der Waals surface area contributed by atoms with Crippen molar-refractivity contribution in [2.45, 2.75) is 33.3 Å². The molecule has 1 aliphatic heterocycles. The van der Waals surface area contributed by atoms with Crippen LogP contribution in [0.25, 0.3) is 0 Å². The molecule has 0 spiro atoms. The number of amides is 1. The van der Waals surface area contributed by atoms with Crippen molar-refractivity contribution in [3.8, 4) is 0 Å². The molecule has 0 atom stereocenters. The van der Waals surface area contributed by atoms with Gasteiger partial charge in [-0.1, -0.05) is 0 Å². The minimum absolute atomic E-state index is 0.0966. The van der Waals surface area contributed by atoms with E-state index in [4.69, 9.17) is 4.74 Å². The Morgan fingerprint density at radius 2 is 1.76 bits per heavy atom. The van der Waals surface area contributed by atoms with Crippen LogP contribution in [0.3, 0.4) is 0 Å². The maximum Gasteiger partial charge on any atom is 0.410 e. The van der Waals surface area contributed by atoms with Crippen LogP contribution >= 0.6 is 0 Å². The van der Waals surface area contributed by atoms with E-state index in [1.54, 1.807) is 11.8 Å². The van der Waals surface area contributed by atoms with Gasteiger partial charge in [-0.15, -0.1) is 0 Å². The highest BCUT2D eigenvalue weighted by molar-refractivity contribution is 7.89. The Labute approximate surface area is 127 Å². The first-order valence-electron chi connectivity index (χ1n) is 7.30. The number of carbonyl (C=O) groups excluding carboxylic acids is 1. The molecule has 1 heterocycles. The summed E-state index contributed by atoms with van der Waals surface area (Å²) >= 11 is 0. The van der Waals surface area contributed by atoms with Crippen LogP contribution in [0.15, 0.2) is 0 Å². The predicted octanol–water partition coefficient (Wildman–Crippen LogP) is 0.478. The number of nitrogens with zero attached hydrogens (tertiary/aromatic N) is 2. The first-order chi connectivity index (χ1) is 9.63. The van der Waals surface area contributed by atoms with E-state index in [0.717, 1.165) is 13.1 Å². The molecule has 0 radical (unpaired) electrons. The second kappa shape index (κ2) is 7.42. The van der Waals surface area contributed by atoms with Crippen molar-refractivity contribution in [2.75, 3.05) is 45.0 Å². The molecule has 1 amide bonds. The Hall–Kier alpha value is -0.860. The van der Waals surface area contributed by atoms with E-state index in [1.165, 1.54) is 0 Å². The average molecular weight is 321 g/mol. The standard InChI is InChI=1S/C13H27N3O4S/c1-5-21(18,19)14-6-7-15-8-10-16(11-9-15)12(17)20-13(2,3)4/h14H,5-11H2,1-4H3. The highest BCUT2D eigenvalue weighted by Gasteiger charge is 2.25. The molecule has 1 saturated heterocycles. The molecule has 0 aromatic carbocycles. The molecule has 7 nitrogen and oxygen atoms in total. The lowest BCUT2D eigenvalue weighted by atomic mass is 10.2. The third-order valence-corrected chi connectivity index (χ3v) is 4.56. The van der Waals surface area contributed by atoms with E-state index in [-0.39, 0.29) is 11.8 Å². The van der Waals surface area contributed by atoms with E-state index >= 15 is 0 Å². The summed E-state index contributed by atoms with van der Waals surface area (Å²) in [7, 11) is -3.13. The van der Waals surface area contributed by atoms with Crippen molar-refractivity contribution in [3.05, 3.63) is 0 Å². The van der Waals surface area contributed by atoms with Crippen molar-refractivity contribution in [2.24, 2.45) is 0 Å². The van der Waals surface area contributed by atoms with Crippen molar-refractivity contribution < 1.29 is 17.9 Å². The fourth-order valence-electron chi connectivity index (χ4n) is 1.94. The highest BCUT2D eigenvalue weighted by Crippen LogP contribution is 2.11. The first-order valence-corrected chi connectivity index (χ1v) is 8.96. The number of hydrogen-bond acceptors (Lipinski definition) is 5. The number of hydrogen-bond donors (Lipinski definition) is 1.